The van der Waals surface area contributed by atoms with Crippen LogP contribution in [0, 0.1) is 0 Å². The maximum atomic E-state index is 10.2. The minimum absolute atomic E-state index is 0. The number of rotatable bonds is 32. The zero-order chi connectivity index (χ0) is 34.0. The van der Waals surface area contributed by atoms with E-state index in [1.807, 2.05) is 0 Å². The van der Waals surface area contributed by atoms with Crippen LogP contribution < -0.4 is 10.2 Å². The van der Waals surface area contributed by atoms with Crippen LogP contribution in [-0.2, 0) is 26.7 Å². The Bertz CT molecular complexity index is 523. The first-order valence-corrected chi connectivity index (χ1v) is 20.9. The van der Waals surface area contributed by atoms with Crippen molar-refractivity contribution in [2.75, 3.05) is 0 Å². The quantitative estimate of drug-likeness (QED) is 0.0515. The van der Waals surface area contributed by atoms with Crippen LogP contribution in [0.1, 0.15) is 258 Å². The van der Waals surface area contributed by atoms with Gasteiger partial charge in [-0.2, -0.15) is 0 Å². The SMILES string of the molecule is C1CCCCC1.CCCCCCCCCCCCCCCCCC(=O)[O-].CCCCCCCCCCCCCCCCCC(=O)[O-].[Mn+2]. The Morgan fingerprint density at radius 2 is 0.468 bits per heavy atom. The summed E-state index contributed by atoms with van der Waals surface area (Å²) in [5, 5.41) is 20.4. The average molecular weight is 706 g/mol. The largest absolute Gasteiger partial charge is 2.00 e. The number of carbonyl (C=O) groups is 2. The van der Waals surface area contributed by atoms with E-state index in [1.165, 1.54) is 205 Å². The Morgan fingerprint density at radius 1 is 0.319 bits per heavy atom. The zero-order valence-corrected chi connectivity index (χ0v) is 33.1. The molecular weight excluding hydrogens is 623 g/mol. The Labute approximate surface area is 305 Å². The second-order valence-electron chi connectivity index (χ2n) is 14.3. The molecule has 1 rings (SSSR count). The van der Waals surface area contributed by atoms with Crippen LogP contribution in [0.25, 0.3) is 0 Å². The second kappa shape index (κ2) is 47.6. The molecule has 4 nitrogen and oxygen atoms in total. The molecule has 0 aliphatic heterocycles. The van der Waals surface area contributed by atoms with E-state index >= 15 is 0 Å². The fourth-order valence-corrected chi connectivity index (χ4v) is 6.34. The Balaban J connectivity index is -0.000000684. The van der Waals surface area contributed by atoms with Crippen molar-refractivity contribution in [2.45, 2.75) is 258 Å². The van der Waals surface area contributed by atoms with Gasteiger partial charge in [0, 0.05) is 11.9 Å². The van der Waals surface area contributed by atoms with Gasteiger partial charge in [-0.1, -0.05) is 232 Å². The van der Waals surface area contributed by atoms with Crippen LogP contribution in [0.2, 0.25) is 0 Å². The summed E-state index contributed by atoms with van der Waals surface area (Å²) in [6.07, 6.45) is 48.7. The molecule has 0 bridgehead atoms. The Kier molecular flexibility index (Phi) is 51.5. The van der Waals surface area contributed by atoms with Crippen molar-refractivity contribution in [2.24, 2.45) is 0 Å². The van der Waals surface area contributed by atoms with Gasteiger partial charge in [0.1, 0.15) is 0 Å². The van der Waals surface area contributed by atoms with E-state index in [9.17, 15) is 19.8 Å². The van der Waals surface area contributed by atoms with E-state index in [4.69, 9.17) is 0 Å². The molecule has 1 aliphatic rings. The number of carboxylic acid groups (broad SMARTS) is 2. The zero-order valence-electron chi connectivity index (χ0n) is 31.9. The topological polar surface area (TPSA) is 80.3 Å². The summed E-state index contributed by atoms with van der Waals surface area (Å²) in [7, 11) is 0. The summed E-state index contributed by atoms with van der Waals surface area (Å²) in [5.74, 6) is -1.81. The van der Waals surface area contributed by atoms with Crippen LogP contribution >= 0.6 is 0 Å². The van der Waals surface area contributed by atoms with E-state index in [0.717, 1.165) is 25.7 Å². The smallest absolute Gasteiger partial charge is 0.550 e. The van der Waals surface area contributed by atoms with Gasteiger partial charge in [-0.3, -0.25) is 0 Å². The minimum atomic E-state index is -0.903. The molecule has 1 saturated carbocycles. The maximum absolute atomic E-state index is 10.2. The number of aliphatic carboxylic acids is 2. The molecule has 1 aliphatic carbocycles. The van der Waals surface area contributed by atoms with Crippen LogP contribution in [-0.4, -0.2) is 11.9 Å². The summed E-state index contributed by atoms with van der Waals surface area (Å²) in [6.45, 7) is 4.53. The molecule has 0 unspecified atom stereocenters. The van der Waals surface area contributed by atoms with Crippen molar-refractivity contribution in [3.8, 4) is 0 Å². The van der Waals surface area contributed by atoms with E-state index in [-0.39, 0.29) is 29.9 Å². The van der Waals surface area contributed by atoms with Crippen molar-refractivity contribution in [1.82, 2.24) is 0 Å². The maximum Gasteiger partial charge on any atom is 2.00 e. The minimum Gasteiger partial charge on any atom is -0.550 e. The van der Waals surface area contributed by atoms with Gasteiger partial charge in [0.05, 0.1) is 0 Å². The first-order chi connectivity index (χ1) is 22.5. The Hall–Kier alpha value is -0.541. The fourth-order valence-electron chi connectivity index (χ4n) is 6.34. The third kappa shape index (κ3) is 55.1. The average Bonchev–Trinajstić information content (AvgIpc) is 3.06. The predicted octanol–water partition coefficient (Wildman–Crippen LogP) is 12.3. The number of carbonyl (C=O) groups excluding carboxylic acids is 2. The van der Waals surface area contributed by atoms with Crippen molar-refractivity contribution in [1.29, 1.82) is 0 Å². The van der Waals surface area contributed by atoms with Crippen LogP contribution in [0.3, 0.4) is 0 Å². The molecule has 0 aromatic heterocycles. The van der Waals surface area contributed by atoms with Crippen LogP contribution in [0.4, 0.5) is 0 Å². The molecule has 281 valence electrons. The molecule has 0 heterocycles. The summed E-state index contributed by atoms with van der Waals surface area (Å²) in [5.41, 5.74) is 0. The number of unbranched alkanes of at least 4 members (excludes halogenated alkanes) is 28. The van der Waals surface area contributed by atoms with E-state index < -0.39 is 11.9 Å². The van der Waals surface area contributed by atoms with Gasteiger partial charge in [0.2, 0.25) is 0 Å². The van der Waals surface area contributed by atoms with Crippen molar-refractivity contribution in [3.63, 3.8) is 0 Å². The monoisotopic (exact) mass is 706 g/mol. The van der Waals surface area contributed by atoms with Gasteiger partial charge in [-0.25, -0.2) is 0 Å². The molecular formula is C42H82MnO4. The summed E-state index contributed by atoms with van der Waals surface area (Å²) in [4.78, 5) is 20.4. The predicted molar refractivity (Wildman–Crippen MR) is 197 cm³/mol. The standard InChI is InChI=1S/2C18H36O2.C6H12.Mn/c2*1-2-3-4-5-6-7-8-9-10-11-12-13-14-15-16-17-18(19)20;1-2-4-6-5-3-1;/h2*2-17H2,1H3,(H,19,20);1-6H2;/q;;;+2/p-2. The molecule has 0 amide bonds. The number of hydrogen-bond acceptors (Lipinski definition) is 4. The first-order valence-electron chi connectivity index (χ1n) is 20.9. The van der Waals surface area contributed by atoms with E-state index in [1.54, 1.807) is 0 Å². The van der Waals surface area contributed by atoms with Crippen molar-refractivity contribution >= 4 is 11.9 Å². The van der Waals surface area contributed by atoms with Gasteiger partial charge < -0.3 is 19.8 Å². The summed E-state index contributed by atoms with van der Waals surface area (Å²) < 4.78 is 0. The Morgan fingerprint density at radius 3 is 0.617 bits per heavy atom. The molecule has 1 radical (unpaired) electrons. The van der Waals surface area contributed by atoms with Crippen LogP contribution in [0.5, 0.6) is 0 Å². The molecule has 0 spiro atoms. The molecule has 0 aromatic rings. The molecule has 47 heavy (non-hydrogen) atoms. The number of hydrogen-bond donors (Lipinski definition) is 0. The van der Waals surface area contributed by atoms with Gasteiger partial charge in [0.25, 0.3) is 0 Å². The molecule has 0 N–H and O–H groups in total. The van der Waals surface area contributed by atoms with Crippen LogP contribution in [0.15, 0.2) is 0 Å². The van der Waals surface area contributed by atoms with Gasteiger partial charge in [0.15, 0.2) is 0 Å². The molecule has 1 fully saturated rings. The van der Waals surface area contributed by atoms with Gasteiger partial charge >= 0.3 is 17.1 Å². The number of carboxylic acids is 2. The first kappa shape index (κ1) is 50.8. The van der Waals surface area contributed by atoms with E-state index in [0.29, 0.717) is 0 Å². The third-order valence-corrected chi connectivity index (χ3v) is 9.47. The van der Waals surface area contributed by atoms with Crippen molar-refractivity contribution < 1.29 is 36.9 Å². The van der Waals surface area contributed by atoms with Gasteiger partial charge in [-0.15, -0.1) is 0 Å². The van der Waals surface area contributed by atoms with Gasteiger partial charge in [-0.05, 0) is 25.7 Å². The summed E-state index contributed by atoms with van der Waals surface area (Å²) >= 11 is 0. The molecule has 0 saturated heterocycles. The molecule has 5 heteroatoms. The van der Waals surface area contributed by atoms with Crippen molar-refractivity contribution in [3.05, 3.63) is 0 Å². The summed E-state index contributed by atoms with van der Waals surface area (Å²) in [6, 6.07) is 0. The molecule has 0 atom stereocenters. The third-order valence-electron chi connectivity index (χ3n) is 9.47. The second-order valence-corrected chi connectivity index (χ2v) is 14.3. The van der Waals surface area contributed by atoms with E-state index in [2.05, 4.69) is 13.8 Å². The molecule has 0 aromatic carbocycles. The normalized spacial score (nSPS) is 12.3. The fraction of sp³-hybridized carbons (Fsp3) is 0.952.